The van der Waals surface area contributed by atoms with E-state index >= 15 is 0 Å². The number of anilines is 1. The van der Waals surface area contributed by atoms with Crippen molar-refractivity contribution < 1.29 is 4.79 Å². The van der Waals surface area contributed by atoms with Crippen molar-refractivity contribution in [2.75, 3.05) is 31.5 Å². The van der Waals surface area contributed by atoms with Crippen LogP contribution < -0.4 is 10.9 Å². The van der Waals surface area contributed by atoms with Crippen LogP contribution in [0.15, 0.2) is 41.2 Å². The number of likely N-dealkylation sites (tertiary alicyclic amines) is 2. The SMILES string of the molecule is Cc1ccccc1NC(=O)N1C[C@@H]2C[C@H](C1)c1ccc(CN3CCCCC3)c(=O)n1C2. The normalized spacial score (nSPS) is 23.3. The molecule has 0 spiro atoms. The van der Waals surface area contributed by atoms with Gasteiger partial charge in [-0.3, -0.25) is 9.69 Å². The fourth-order valence-corrected chi connectivity index (χ4v) is 5.54. The van der Waals surface area contributed by atoms with E-state index in [1.165, 1.54) is 19.3 Å². The van der Waals surface area contributed by atoms with E-state index in [-0.39, 0.29) is 17.5 Å². The number of pyridine rings is 1. The van der Waals surface area contributed by atoms with Crippen molar-refractivity contribution in [3.05, 3.63) is 63.6 Å². The van der Waals surface area contributed by atoms with Gasteiger partial charge in [0, 0.05) is 49.0 Å². The Bertz CT molecular complexity index is 1020. The molecule has 1 aromatic heterocycles. The molecule has 2 fully saturated rings. The first-order valence-electron chi connectivity index (χ1n) is 11.6. The van der Waals surface area contributed by atoms with Crippen molar-refractivity contribution >= 4 is 11.7 Å². The summed E-state index contributed by atoms with van der Waals surface area (Å²) < 4.78 is 2.01. The minimum absolute atomic E-state index is 0.0403. The van der Waals surface area contributed by atoms with E-state index in [0.29, 0.717) is 25.6 Å². The second kappa shape index (κ2) is 8.50. The highest BCUT2D eigenvalue weighted by molar-refractivity contribution is 5.90. The van der Waals surface area contributed by atoms with Crippen LogP contribution in [-0.4, -0.2) is 46.6 Å². The Balaban J connectivity index is 1.32. The Kier molecular flexibility index (Phi) is 5.57. The van der Waals surface area contributed by atoms with Gasteiger partial charge in [0.1, 0.15) is 0 Å². The Morgan fingerprint density at radius 1 is 1.03 bits per heavy atom. The largest absolute Gasteiger partial charge is 0.324 e. The van der Waals surface area contributed by atoms with Gasteiger partial charge in [0.05, 0.1) is 0 Å². The number of carbonyl (C=O) groups excluding carboxylic acids is 1. The highest BCUT2D eigenvalue weighted by Crippen LogP contribution is 2.35. The second-order valence-electron chi connectivity index (χ2n) is 9.48. The summed E-state index contributed by atoms with van der Waals surface area (Å²) in [6, 6.07) is 12.0. The monoisotopic (exact) mass is 420 g/mol. The third-order valence-corrected chi connectivity index (χ3v) is 7.20. The first-order chi connectivity index (χ1) is 15.1. The fourth-order valence-electron chi connectivity index (χ4n) is 5.54. The van der Waals surface area contributed by atoms with Gasteiger partial charge in [0.25, 0.3) is 5.56 Å². The maximum atomic E-state index is 13.3. The fraction of sp³-hybridized carbons (Fsp3) is 0.520. The quantitative estimate of drug-likeness (QED) is 0.822. The van der Waals surface area contributed by atoms with Crippen molar-refractivity contribution in [2.24, 2.45) is 5.92 Å². The molecule has 4 heterocycles. The van der Waals surface area contributed by atoms with E-state index in [2.05, 4.69) is 16.3 Å². The van der Waals surface area contributed by atoms with Crippen LogP contribution >= 0.6 is 0 Å². The molecule has 1 N–H and O–H groups in total. The molecular formula is C25H32N4O2. The maximum Gasteiger partial charge on any atom is 0.321 e. The lowest BCUT2D eigenvalue weighted by Crippen LogP contribution is -2.50. The highest BCUT2D eigenvalue weighted by Gasteiger charge is 2.36. The number of carbonyl (C=O) groups is 1. The third kappa shape index (κ3) is 4.13. The van der Waals surface area contributed by atoms with Gasteiger partial charge in [0.15, 0.2) is 0 Å². The summed E-state index contributed by atoms with van der Waals surface area (Å²) in [4.78, 5) is 30.5. The van der Waals surface area contributed by atoms with Crippen LogP contribution in [0.1, 0.15) is 48.4 Å². The molecule has 3 aliphatic heterocycles. The van der Waals surface area contributed by atoms with Gasteiger partial charge in [-0.25, -0.2) is 4.79 Å². The van der Waals surface area contributed by atoms with Crippen molar-refractivity contribution in [1.29, 1.82) is 0 Å². The molecule has 3 aliphatic rings. The zero-order valence-corrected chi connectivity index (χ0v) is 18.3. The van der Waals surface area contributed by atoms with Gasteiger partial charge < -0.3 is 14.8 Å². The zero-order chi connectivity index (χ0) is 21.4. The van der Waals surface area contributed by atoms with Crippen LogP contribution in [0.3, 0.4) is 0 Å². The zero-order valence-electron chi connectivity index (χ0n) is 18.3. The number of fused-ring (bicyclic) bond motifs is 4. The minimum atomic E-state index is -0.0403. The van der Waals surface area contributed by atoms with Gasteiger partial charge in [-0.15, -0.1) is 0 Å². The number of hydrogen-bond acceptors (Lipinski definition) is 3. The molecule has 5 rings (SSSR count). The molecular weight excluding hydrogens is 388 g/mol. The average Bonchev–Trinajstić information content (AvgIpc) is 2.78. The van der Waals surface area contributed by atoms with Crippen LogP contribution in [0.25, 0.3) is 0 Å². The molecule has 2 atom stereocenters. The molecule has 0 aliphatic carbocycles. The number of rotatable bonds is 3. The minimum Gasteiger partial charge on any atom is -0.324 e. The molecule has 6 heteroatoms. The number of urea groups is 1. The molecule has 1 aromatic carbocycles. The molecule has 6 nitrogen and oxygen atoms in total. The molecule has 2 saturated heterocycles. The van der Waals surface area contributed by atoms with Crippen LogP contribution in [0.5, 0.6) is 0 Å². The van der Waals surface area contributed by atoms with Gasteiger partial charge in [-0.2, -0.15) is 0 Å². The number of amides is 2. The summed E-state index contributed by atoms with van der Waals surface area (Å²) >= 11 is 0. The second-order valence-corrected chi connectivity index (χ2v) is 9.48. The van der Waals surface area contributed by atoms with E-state index in [9.17, 15) is 9.59 Å². The smallest absolute Gasteiger partial charge is 0.321 e. The summed E-state index contributed by atoms with van der Waals surface area (Å²) in [5.74, 6) is 0.559. The van der Waals surface area contributed by atoms with Gasteiger partial charge in [0.2, 0.25) is 0 Å². The highest BCUT2D eigenvalue weighted by atomic mass is 16.2. The number of benzene rings is 1. The van der Waals surface area contributed by atoms with Crippen LogP contribution in [0.4, 0.5) is 10.5 Å². The molecule has 2 bridgehead atoms. The lowest BCUT2D eigenvalue weighted by molar-refractivity contribution is 0.139. The average molecular weight is 421 g/mol. The molecule has 2 amide bonds. The Morgan fingerprint density at radius 3 is 2.65 bits per heavy atom. The maximum absolute atomic E-state index is 13.3. The summed E-state index contributed by atoms with van der Waals surface area (Å²) in [6.07, 6.45) is 4.82. The van der Waals surface area contributed by atoms with E-state index < -0.39 is 0 Å². The first-order valence-corrected chi connectivity index (χ1v) is 11.6. The van der Waals surface area contributed by atoms with Gasteiger partial charge in [-0.05, 0) is 62.9 Å². The summed E-state index contributed by atoms with van der Waals surface area (Å²) in [5, 5.41) is 3.07. The number of para-hydroxylation sites is 1. The van der Waals surface area contributed by atoms with Crippen molar-refractivity contribution in [3.8, 4) is 0 Å². The Morgan fingerprint density at radius 2 is 1.84 bits per heavy atom. The van der Waals surface area contributed by atoms with Crippen molar-refractivity contribution in [1.82, 2.24) is 14.4 Å². The van der Waals surface area contributed by atoms with E-state index in [1.807, 2.05) is 46.7 Å². The lowest BCUT2D eigenvalue weighted by Gasteiger charge is -2.43. The predicted molar refractivity (Wildman–Crippen MR) is 122 cm³/mol. The van der Waals surface area contributed by atoms with E-state index in [1.54, 1.807) is 0 Å². The summed E-state index contributed by atoms with van der Waals surface area (Å²) in [6.45, 7) is 7.04. The molecule has 31 heavy (non-hydrogen) atoms. The molecule has 0 unspecified atom stereocenters. The Labute approximate surface area is 183 Å². The van der Waals surface area contributed by atoms with Crippen molar-refractivity contribution in [2.45, 2.75) is 51.6 Å². The standard InChI is InChI=1S/C25H32N4O2/c1-18-7-3-4-8-22(18)26-25(31)28-14-19-13-21(17-28)23-10-9-20(24(30)29(23)15-19)16-27-11-5-2-6-12-27/h3-4,7-10,19,21H,2,5-6,11-17H2,1H3,(H,26,31)/t19-,21+/m0/s1. The first kappa shape index (κ1) is 20.3. The number of aryl methyl sites for hydroxylation is 1. The lowest BCUT2D eigenvalue weighted by atomic mass is 9.83. The summed E-state index contributed by atoms with van der Waals surface area (Å²) in [5.41, 5.74) is 4.11. The Hall–Kier alpha value is -2.60. The summed E-state index contributed by atoms with van der Waals surface area (Å²) in [7, 11) is 0. The van der Waals surface area contributed by atoms with Crippen molar-refractivity contribution in [3.63, 3.8) is 0 Å². The number of hydrogen-bond donors (Lipinski definition) is 1. The van der Waals surface area contributed by atoms with Crippen LogP contribution in [-0.2, 0) is 13.1 Å². The number of nitrogens with one attached hydrogen (secondary N) is 1. The van der Waals surface area contributed by atoms with Gasteiger partial charge in [-0.1, -0.05) is 30.7 Å². The number of aromatic nitrogens is 1. The number of piperidine rings is 2. The topological polar surface area (TPSA) is 57.6 Å². The van der Waals surface area contributed by atoms with Crippen LogP contribution in [0.2, 0.25) is 0 Å². The number of nitrogens with zero attached hydrogens (tertiary/aromatic N) is 3. The van der Waals surface area contributed by atoms with E-state index in [0.717, 1.165) is 48.6 Å². The molecule has 2 aromatic rings. The molecule has 0 saturated carbocycles. The van der Waals surface area contributed by atoms with Crippen LogP contribution in [0, 0.1) is 12.8 Å². The third-order valence-electron chi connectivity index (χ3n) is 7.20. The van der Waals surface area contributed by atoms with Gasteiger partial charge >= 0.3 is 6.03 Å². The molecule has 0 radical (unpaired) electrons. The van der Waals surface area contributed by atoms with E-state index in [4.69, 9.17) is 0 Å². The predicted octanol–water partition coefficient (Wildman–Crippen LogP) is 3.79. The molecule has 164 valence electrons.